The summed E-state index contributed by atoms with van der Waals surface area (Å²) in [4.78, 5) is 11.8. The molecule has 0 spiro atoms. The van der Waals surface area contributed by atoms with Crippen molar-refractivity contribution < 1.29 is 9.53 Å². The largest absolute Gasteiger partial charge is 0.465 e. The van der Waals surface area contributed by atoms with Gasteiger partial charge in [-0.1, -0.05) is 12.8 Å². The number of carbonyl (C=O) groups is 1. The molecule has 2 aliphatic rings. The second-order valence-corrected chi connectivity index (χ2v) is 5.39. The van der Waals surface area contributed by atoms with E-state index in [1.165, 1.54) is 25.7 Å². The highest BCUT2D eigenvalue weighted by molar-refractivity contribution is 5.72. The maximum Gasteiger partial charge on any atom is 0.308 e. The summed E-state index contributed by atoms with van der Waals surface area (Å²) in [6.07, 6.45) is 8.88. The van der Waals surface area contributed by atoms with Gasteiger partial charge >= 0.3 is 5.97 Å². The zero-order chi connectivity index (χ0) is 11.4. The summed E-state index contributed by atoms with van der Waals surface area (Å²) >= 11 is 0. The molecule has 0 amide bonds. The minimum absolute atomic E-state index is 0.0267. The fourth-order valence-corrected chi connectivity index (χ4v) is 2.85. The molecule has 2 rings (SSSR count). The Bertz CT molecular complexity index is 228. The van der Waals surface area contributed by atoms with Gasteiger partial charge in [-0.2, -0.15) is 0 Å². The van der Waals surface area contributed by atoms with Gasteiger partial charge in [0, 0.05) is 6.04 Å². The molecule has 0 aromatic rings. The Morgan fingerprint density at radius 3 is 2.31 bits per heavy atom. The van der Waals surface area contributed by atoms with E-state index in [1.807, 2.05) is 0 Å². The van der Waals surface area contributed by atoms with Gasteiger partial charge in [-0.25, -0.2) is 0 Å². The highest BCUT2D eigenvalue weighted by Crippen LogP contribution is 2.27. The molecule has 0 bridgehead atoms. The van der Waals surface area contributed by atoms with Crippen LogP contribution in [0, 0.1) is 11.8 Å². The fraction of sp³-hybridized carbons (Fsp3) is 0.923. The number of rotatable bonds is 3. The van der Waals surface area contributed by atoms with E-state index in [0.717, 1.165) is 25.7 Å². The van der Waals surface area contributed by atoms with E-state index in [1.54, 1.807) is 0 Å². The van der Waals surface area contributed by atoms with E-state index in [9.17, 15) is 4.79 Å². The maximum absolute atomic E-state index is 11.8. The molecule has 16 heavy (non-hydrogen) atoms. The molecule has 2 N–H and O–H groups in total. The first-order chi connectivity index (χ1) is 7.75. The molecule has 0 unspecified atom stereocenters. The molecule has 3 heteroatoms. The van der Waals surface area contributed by atoms with E-state index in [0.29, 0.717) is 18.6 Å². The molecule has 2 saturated carbocycles. The molecule has 3 nitrogen and oxygen atoms in total. The first-order valence-corrected chi connectivity index (χ1v) is 6.68. The van der Waals surface area contributed by atoms with Crippen molar-refractivity contribution in [3.8, 4) is 0 Å². The molecule has 0 aromatic carbocycles. The van der Waals surface area contributed by atoms with Gasteiger partial charge in [-0.3, -0.25) is 4.79 Å². The van der Waals surface area contributed by atoms with Gasteiger partial charge in [0.15, 0.2) is 0 Å². The van der Waals surface area contributed by atoms with Crippen LogP contribution in [-0.2, 0) is 9.53 Å². The lowest BCUT2D eigenvalue weighted by molar-refractivity contribution is -0.151. The van der Waals surface area contributed by atoms with Crippen LogP contribution in [-0.4, -0.2) is 18.6 Å². The summed E-state index contributed by atoms with van der Waals surface area (Å²) in [5.74, 6) is 0.787. The lowest BCUT2D eigenvalue weighted by Crippen LogP contribution is -2.31. The summed E-state index contributed by atoms with van der Waals surface area (Å²) in [7, 11) is 0. The Morgan fingerprint density at radius 2 is 1.69 bits per heavy atom. The Balaban J connectivity index is 1.67. The molecular formula is C13H23NO2. The number of hydrogen-bond acceptors (Lipinski definition) is 3. The monoisotopic (exact) mass is 225 g/mol. The number of ether oxygens (including phenoxy) is 1. The van der Waals surface area contributed by atoms with Crippen LogP contribution in [0.25, 0.3) is 0 Å². The molecule has 0 saturated heterocycles. The summed E-state index contributed by atoms with van der Waals surface area (Å²) in [6, 6.07) is 0.305. The van der Waals surface area contributed by atoms with Crippen molar-refractivity contribution >= 4 is 5.97 Å². The van der Waals surface area contributed by atoms with Crippen LogP contribution in [0.3, 0.4) is 0 Å². The molecular weight excluding hydrogens is 202 g/mol. The normalized spacial score (nSPS) is 31.6. The fourth-order valence-electron chi connectivity index (χ4n) is 2.85. The zero-order valence-corrected chi connectivity index (χ0v) is 9.99. The van der Waals surface area contributed by atoms with Crippen LogP contribution in [0.15, 0.2) is 0 Å². The predicted molar refractivity (Wildman–Crippen MR) is 62.9 cm³/mol. The molecule has 0 atom stereocenters. The zero-order valence-electron chi connectivity index (χ0n) is 9.99. The molecule has 2 fully saturated rings. The smallest absolute Gasteiger partial charge is 0.308 e. The van der Waals surface area contributed by atoms with Crippen molar-refractivity contribution in [2.45, 2.75) is 57.4 Å². The van der Waals surface area contributed by atoms with E-state index in [4.69, 9.17) is 10.5 Å². The first kappa shape index (κ1) is 11.9. The van der Waals surface area contributed by atoms with Crippen molar-refractivity contribution in [1.82, 2.24) is 0 Å². The van der Waals surface area contributed by atoms with Crippen molar-refractivity contribution in [3.63, 3.8) is 0 Å². The Hall–Kier alpha value is -0.570. The Labute approximate surface area is 97.7 Å². The van der Waals surface area contributed by atoms with Crippen molar-refractivity contribution in [1.29, 1.82) is 0 Å². The average molecular weight is 225 g/mol. The van der Waals surface area contributed by atoms with E-state index < -0.39 is 0 Å². The summed E-state index contributed by atoms with van der Waals surface area (Å²) in [5, 5.41) is 0. The second-order valence-electron chi connectivity index (χ2n) is 5.39. The third-order valence-corrected chi connectivity index (χ3v) is 4.04. The average Bonchev–Trinajstić information content (AvgIpc) is 2.80. The van der Waals surface area contributed by atoms with Crippen molar-refractivity contribution in [2.24, 2.45) is 17.6 Å². The summed E-state index contributed by atoms with van der Waals surface area (Å²) in [5.41, 5.74) is 5.82. The quantitative estimate of drug-likeness (QED) is 0.749. The van der Waals surface area contributed by atoms with Gasteiger partial charge in [0.2, 0.25) is 0 Å². The number of nitrogens with two attached hydrogens (primary N) is 1. The lowest BCUT2D eigenvalue weighted by Gasteiger charge is -2.24. The van der Waals surface area contributed by atoms with E-state index >= 15 is 0 Å². The first-order valence-electron chi connectivity index (χ1n) is 6.68. The molecule has 0 aromatic heterocycles. The van der Waals surface area contributed by atoms with Gasteiger partial charge in [0.1, 0.15) is 0 Å². The van der Waals surface area contributed by atoms with E-state index in [2.05, 4.69) is 0 Å². The lowest BCUT2D eigenvalue weighted by atomic mass is 9.86. The minimum atomic E-state index is 0.0267. The SMILES string of the molecule is NC1CCC(C(=O)OCC2CCCC2)CC1. The van der Waals surface area contributed by atoms with E-state index in [-0.39, 0.29) is 11.9 Å². The van der Waals surface area contributed by atoms with Crippen LogP contribution < -0.4 is 5.73 Å². The third-order valence-electron chi connectivity index (χ3n) is 4.04. The second kappa shape index (κ2) is 5.67. The molecule has 92 valence electrons. The predicted octanol–water partition coefficient (Wildman–Crippen LogP) is 2.24. The van der Waals surface area contributed by atoms with Gasteiger partial charge in [0.25, 0.3) is 0 Å². The third kappa shape index (κ3) is 3.21. The minimum Gasteiger partial charge on any atom is -0.465 e. The number of esters is 1. The van der Waals surface area contributed by atoms with Gasteiger partial charge in [-0.05, 0) is 44.4 Å². The van der Waals surface area contributed by atoms with Crippen LogP contribution in [0.5, 0.6) is 0 Å². The molecule has 0 radical (unpaired) electrons. The topological polar surface area (TPSA) is 52.3 Å². The number of hydrogen-bond donors (Lipinski definition) is 1. The van der Waals surface area contributed by atoms with Crippen molar-refractivity contribution in [3.05, 3.63) is 0 Å². The van der Waals surface area contributed by atoms with Crippen LogP contribution in [0.2, 0.25) is 0 Å². The van der Waals surface area contributed by atoms with Crippen LogP contribution >= 0.6 is 0 Å². The highest BCUT2D eigenvalue weighted by atomic mass is 16.5. The maximum atomic E-state index is 11.8. The van der Waals surface area contributed by atoms with Gasteiger partial charge in [0.05, 0.1) is 12.5 Å². The summed E-state index contributed by atoms with van der Waals surface area (Å²) in [6.45, 7) is 0.654. The van der Waals surface area contributed by atoms with Crippen LogP contribution in [0.4, 0.5) is 0 Å². The number of carbonyl (C=O) groups excluding carboxylic acids is 1. The Morgan fingerprint density at radius 1 is 1.06 bits per heavy atom. The van der Waals surface area contributed by atoms with Gasteiger partial charge < -0.3 is 10.5 Å². The van der Waals surface area contributed by atoms with Crippen LogP contribution in [0.1, 0.15) is 51.4 Å². The Kier molecular flexibility index (Phi) is 4.22. The molecule has 0 heterocycles. The molecule has 0 aliphatic heterocycles. The molecule has 2 aliphatic carbocycles. The standard InChI is InChI=1S/C13H23NO2/c14-12-7-5-11(6-8-12)13(15)16-9-10-3-1-2-4-10/h10-12H,1-9,14H2. The van der Waals surface area contributed by atoms with Gasteiger partial charge in [-0.15, -0.1) is 0 Å². The summed E-state index contributed by atoms with van der Waals surface area (Å²) < 4.78 is 5.42. The van der Waals surface area contributed by atoms with Crippen molar-refractivity contribution in [2.75, 3.05) is 6.61 Å². The highest BCUT2D eigenvalue weighted by Gasteiger charge is 2.26.